The summed E-state index contributed by atoms with van der Waals surface area (Å²) in [6, 6.07) is 14.1. The highest BCUT2D eigenvalue weighted by atomic mass is 16.5. The van der Waals surface area contributed by atoms with Crippen LogP contribution in [0.4, 0.5) is 0 Å². The van der Waals surface area contributed by atoms with Gasteiger partial charge in [-0.1, -0.05) is 46.1 Å². The van der Waals surface area contributed by atoms with Gasteiger partial charge < -0.3 is 8.94 Å². The van der Waals surface area contributed by atoms with Crippen molar-refractivity contribution >= 4 is 0 Å². The predicted octanol–water partition coefficient (Wildman–Crippen LogP) is 4.30. The standard InChI is InChI=1S/C20H18N4O2/c1-12-5-4-6-15(8-12)19-21-17(26-24-19)11-18-22-23-20(25-18)16-9-13(2)7-14(3)10-16/h4-10H,11H2,1-3H3. The number of nitrogens with zero attached hydrogens (tertiary/aromatic N) is 4. The van der Waals surface area contributed by atoms with Crippen LogP contribution in [0.1, 0.15) is 28.5 Å². The van der Waals surface area contributed by atoms with E-state index in [0.29, 0.717) is 29.9 Å². The van der Waals surface area contributed by atoms with Crippen molar-refractivity contribution < 1.29 is 8.94 Å². The van der Waals surface area contributed by atoms with E-state index in [1.54, 1.807) is 0 Å². The molecule has 0 bridgehead atoms. The zero-order valence-electron chi connectivity index (χ0n) is 14.9. The third-order valence-corrected chi connectivity index (χ3v) is 3.98. The number of rotatable bonds is 4. The Morgan fingerprint density at radius 3 is 2.35 bits per heavy atom. The van der Waals surface area contributed by atoms with Crippen LogP contribution in [-0.2, 0) is 6.42 Å². The second-order valence-corrected chi connectivity index (χ2v) is 6.44. The summed E-state index contributed by atoms with van der Waals surface area (Å²) in [5.74, 6) is 1.93. The Kier molecular flexibility index (Phi) is 4.08. The van der Waals surface area contributed by atoms with Crippen molar-refractivity contribution in [2.75, 3.05) is 0 Å². The van der Waals surface area contributed by atoms with Gasteiger partial charge in [0.25, 0.3) is 0 Å². The summed E-state index contributed by atoms with van der Waals surface area (Å²) < 4.78 is 11.1. The quantitative estimate of drug-likeness (QED) is 0.548. The fourth-order valence-electron chi connectivity index (χ4n) is 2.90. The Morgan fingerprint density at radius 1 is 0.808 bits per heavy atom. The molecule has 0 radical (unpaired) electrons. The van der Waals surface area contributed by atoms with Crippen LogP contribution in [0.2, 0.25) is 0 Å². The summed E-state index contributed by atoms with van der Waals surface area (Å²) in [5, 5.41) is 12.3. The van der Waals surface area contributed by atoms with Crippen molar-refractivity contribution in [1.82, 2.24) is 20.3 Å². The molecule has 0 atom stereocenters. The molecule has 0 fully saturated rings. The summed E-state index contributed by atoms with van der Waals surface area (Å²) >= 11 is 0. The maximum Gasteiger partial charge on any atom is 0.247 e. The smallest absolute Gasteiger partial charge is 0.247 e. The highest BCUT2D eigenvalue weighted by Crippen LogP contribution is 2.22. The molecule has 0 spiro atoms. The molecule has 0 aliphatic rings. The predicted molar refractivity (Wildman–Crippen MR) is 96.5 cm³/mol. The number of benzene rings is 2. The first-order valence-corrected chi connectivity index (χ1v) is 8.37. The van der Waals surface area contributed by atoms with Gasteiger partial charge in [0.2, 0.25) is 23.5 Å². The summed E-state index contributed by atoms with van der Waals surface area (Å²) in [7, 11) is 0. The maximum atomic E-state index is 5.77. The minimum atomic E-state index is 0.302. The summed E-state index contributed by atoms with van der Waals surface area (Å²) in [6.07, 6.45) is 0.302. The highest BCUT2D eigenvalue weighted by Gasteiger charge is 2.15. The van der Waals surface area contributed by atoms with Crippen LogP contribution in [0.3, 0.4) is 0 Å². The van der Waals surface area contributed by atoms with E-state index in [0.717, 1.165) is 27.8 Å². The van der Waals surface area contributed by atoms with Crippen LogP contribution < -0.4 is 0 Å². The Balaban J connectivity index is 1.55. The Hall–Kier alpha value is -3.28. The molecule has 26 heavy (non-hydrogen) atoms. The lowest BCUT2D eigenvalue weighted by Gasteiger charge is -1.99. The molecular formula is C20H18N4O2. The summed E-state index contributed by atoms with van der Waals surface area (Å²) in [5.41, 5.74) is 5.27. The molecule has 0 amide bonds. The third kappa shape index (κ3) is 3.39. The van der Waals surface area contributed by atoms with E-state index in [4.69, 9.17) is 8.94 Å². The molecule has 6 nitrogen and oxygen atoms in total. The van der Waals surface area contributed by atoms with Gasteiger partial charge in [-0.15, -0.1) is 10.2 Å². The molecule has 4 rings (SSSR count). The first-order valence-electron chi connectivity index (χ1n) is 8.37. The van der Waals surface area contributed by atoms with Gasteiger partial charge in [-0.05, 0) is 39.0 Å². The molecule has 6 heteroatoms. The molecular weight excluding hydrogens is 328 g/mol. The lowest BCUT2D eigenvalue weighted by molar-refractivity contribution is 0.374. The molecule has 2 aromatic carbocycles. The van der Waals surface area contributed by atoms with Gasteiger partial charge in [-0.25, -0.2) is 0 Å². The van der Waals surface area contributed by atoms with Crippen LogP contribution in [0, 0.1) is 20.8 Å². The lowest BCUT2D eigenvalue weighted by Crippen LogP contribution is -1.89. The molecule has 0 unspecified atom stereocenters. The molecule has 2 heterocycles. The van der Waals surface area contributed by atoms with E-state index in [2.05, 4.69) is 26.4 Å². The Bertz CT molecular complexity index is 1040. The van der Waals surface area contributed by atoms with Gasteiger partial charge in [0.15, 0.2) is 0 Å². The van der Waals surface area contributed by atoms with Crippen LogP contribution in [0.15, 0.2) is 51.4 Å². The van der Waals surface area contributed by atoms with Crippen LogP contribution >= 0.6 is 0 Å². The zero-order valence-corrected chi connectivity index (χ0v) is 14.9. The second kappa shape index (κ2) is 6.55. The first-order chi connectivity index (χ1) is 12.6. The molecule has 0 saturated heterocycles. The van der Waals surface area contributed by atoms with Gasteiger partial charge in [0.05, 0.1) is 0 Å². The van der Waals surface area contributed by atoms with E-state index in [-0.39, 0.29) is 0 Å². The molecule has 2 aromatic heterocycles. The van der Waals surface area contributed by atoms with Crippen molar-refractivity contribution in [3.63, 3.8) is 0 Å². The van der Waals surface area contributed by atoms with E-state index in [9.17, 15) is 0 Å². The average Bonchev–Trinajstić information content (AvgIpc) is 3.24. The summed E-state index contributed by atoms with van der Waals surface area (Å²) in [4.78, 5) is 4.42. The average molecular weight is 346 g/mol. The van der Waals surface area contributed by atoms with Crippen LogP contribution in [-0.4, -0.2) is 20.3 Å². The van der Waals surface area contributed by atoms with Gasteiger partial charge in [0.1, 0.15) is 6.42 Å². The van der Waals surface area contributed by atoms with E-state index in [1.807, 2.05) is 57.2 Å². The SMILES string of the molecule is Cc1cccc(-c2noc(Cc3nnc(-c4cc(C)cc(C)c4)o3)n2)c1. The topological polar surface area (TPSA) is 77.8 Å². The van der Waals surface area contributed by atoms with Crippen LogP contribution in [0.25, 0.3) is 22.8 Å². The molecule has 4 aromatic rings. The monoisotopic (exact) mass is 346 g/mol. The number of hydrogen-bond donors (Lipinski definition) is 0. The van der Waals surface area contributed by atoms with E-state index >= 15 is 0 Å². The number of aryl methyl sites for hydroxylation is 3. The molecule has 0 saturated carbocycles. The highest BCUT2D eigenvalue weighted by molar-refractivity contribution is 5.56. The van der Waals surface area contributed by atoms with E-state index < -0.39 is 0 Å². The van der Waals surface area contributed by atoms with Crippen molar-refractivity contribution in [3.05, 3.63) is 70.9 Å². The van der Waals surface area contributed by atoms with Crippen molar-refractivity contribution in [3.8, 4) is 22.8 Å². The van der Waals surface area contributed by atoms with Gasteiger partial charge >= 0.3 is 0 Å². The molecule has 0 aliphatic heterocycles. The van der Waals surface area contributed by atoms with Gasteiger partial charge in [0, 0.05) is 11.1 Å². The summed E-state index contributed by atoms with van der Waals surface area (Å²) in [6.45, 7) is 6.11. The molecule has 0 N–H and O–H groups in total. The first kappa shape index (κ1) is 16.2. The Labute approximate surface area is 150 Å². The third-order valence-electron chi connectivity index (χ3n) is 3.98. The fraction of sp³-hybridized carbons (Fsp3) is 0.200. The van der Waals surface area contributed by atoms with Gasteiger partial charge in [-0.2, -0.15) is 4.98 Å². The minimum absolute atomic E-state index is 0.302. The minimum Gasteiger partial charge on any atom is -0.420 e. The Morgan fingerprint density at radius 2 is 1.58 bits per heavy atom. The van der Waals surface area contributed by atoms with Gasteiger partial charge in [-0.3, -0.25) is 0 Å². The van der Waals surface area contributed by atoms with E-state index in [1.165, 1.54) is 0 Å². The zero-order chi connectivity index (χ0) is 18.1. The van der Waals surface area contributed by atoms with Crippen molar-refractivity contribution in [2.24, 2.45) is 0 Å². The fourth-order valence-corrected chi connectivity index (χ4v) is 2.90. The molecule has 130 valence electrons. The molecule has 0 aliphatic carbocycles. The number of aromatic nitrogens is 4. The van der Waals surface area contributed by atoms with Crippen molar-refractivity contribution in [1.29, 1.82) is 0 Å². The largest absolute Gasteiger partial charge is 0.420 e. The number of hydrogen-bond acceptors (Lipinski definition) is 6. The second-order valence-electron chi connectivity index (χ2n) is 6.44. The van der Waals surface area contributed by atoms with Crippen molar-refractivity contribution in [2.45, 2.75) is 27.2 Å². The maximum absolute atomic E-state index is 5.77. The lowest BCUT2D eigenvalue weighted by atomic mass is 10.1. The normalized spacial score (nSPS) is 11.0. The van der Waals surface area contributed by atoms with Crippen LogP contribution in [0.5, 0.6) is 0 Å².